The molecule has 0 atom stereocenters. The largest absolute Gasteiger partial charge is 0.0836 e. The van der Waals surface area contributed by atoms with Crippen molar-refractivity contribution in [1.82, 2.24) is 0 Å². The third-order valence-corrected chi connectivity index (χ3v) is 2.19. The Labute approximate surface area is 75.1 Å². The van der Waals surface area contributed by atoms with Gasteiger partial charge in [-0.15, -0.1) is 0 Å². The zero-order valence-corrected chi connectivity index (χ0v) is 7.71. The minimum absolute atomic E-state index is 1.23. The van der Waals surface area contributed by atoms with Gasteiger partial charge in [0.15, 0.2) is 0 Å². The lowest BCUT2D eigenvalue weighted by atomic mass is 10.2. The van der Waals surface area contributed by atoms with E-state index >= 15 is 0 Å². The standard InChI is InChI=1S/C9H8I/c1-2-5-8-6-3-4-7-9(8)10/h2-7H,1H2/b5-2+. The van der Waals surface area contributed by atoms with E-state index in [1.165, 1.54) is 9.13 Å². The molecule has 0 unspecified atom stereocenters. The fourth-order valence-corrected chi connectivity index (χ4v) is 1.30. The van der Waals surface area contributed by atoms with Crippen LogP contribution >= 0.6 is 22.6 Å². The quantitative estimate of drug-likeness (QED) is 0.664. The summed E-state index contributed by atoms with van der Waals surface area (Å²) >= 11 is 2.30. The molecule has 51 valence electrons. The first-order chi connectivity index (χ1) is 4.84. The van der Waals surface area contributed by atoms with Crippen molar-refractivity contribution in [3.05, 3.63) is 46.4 Å². The van der Waals surface area contributed by atoms with E-state index in [-0.39, 0.29) is 0 Å². The minimum atomic E-state index is 1.23. The highest BCUT2D eigenvalue weighted by atomic mass is 127. The van der Waals surface area contributed by atoms with Gasteiger partial charge in [-0.3, -0.25) is 0 Å². The summed E-state index contributed by atoms with van der Waals surface area (Å²) in [7, 11) is 0. The van der Waals surface area contributed by atoms with Crippen LogP contribution in [0.2, 0.25) is 0 Å². The van der Waals surface area contributed by atoms with Gasteiger partial charge < -0.3 is 0 Å². The second-order valence-corrected chi connectivity index (χ2v) is 3.09. The van der Waals surface area contributed by atoms with Crippen molar-refractivity contribution >= 4 is 28.7 Å². The molecule has 0 aliphatic heterocycles. The van der Waals surface area contributed by atoms with Gasteiger partial charge in [-0.25, -0.2) is 0 Å². The Morgan fingerprint density at radius 3 is 2.60 bits per heavy atom. The van der Waals surface area contributed by atoms with Crippen LogP contribution in [0.25, 0.3) is 6.08 Å². The summed E-state index contributed by atoms with van der Waals surface area (Å²) in [5.74, 6) is 0. The molecule has 0 aliphatic carbocycles. The third-order valence-electron chi connectivity index (χ3n) is 1.20. The number of hydrogen-bond acceptors (Lipinski definition) is 0. The van der Waals surface area contributed by atoms with Crippen molar-refractivity contribution in [3.8, 4) is 0 Å². The fraction of sp³-hybridized carbons (Fsp3) is 0. The van der Waals surface area contributed by atoms with E-state index in [0.29, 0.717) is 0 Å². The van der Waals surface area contributed by atoms with Crippen LogP contribution < -0.4 is 0 Å². The summed E-state index contributed by atoms with van der Waals surface area (Å²) in [5, 5.41) is 0. The Hall–Kier alpha value is -0.310. The predicted octanol–water partition coefficient (Wildman–Crippen LogP) is 3.14. The molecule has 0 amide bonds. The average Bonchev–Trinajstić information content (AvgIpc) is 1.94. The maximum absolute atomic E-state index is 3.64. The van der Waals surface area contributed by atoms with E-state index in [4.69, 9.17) is 0 Å². The normalized spacial score (nSPS) is 10.6. The van der Waals surface area contributed by atoms with Gasteiger partial charge in [0.25, 0.3) is 0 Å². The zero-order valence-electron chi connectivity index (χ0n) is 5.55. The molecule has 0 aromatic heterocycles. The van der Waals surface area contributed by atoms with Crippen molar-refractivity contribution in [2.24, 2.45) is 0 Å². The van der Waals surface area contributed by atoms with Crippen LogP contribution in [-0.4, -0.2) is 0 Å². The van der Waals surface area contributed by atoms with Crippen molar-refractivity contribution in [1.29, 1.82) is 0 Å². The van der Waals surface area contributed by atoms with E-state index in [1.807, 2.05) is 18.2 Å². The Bertz CT molecular complexity index is 238. The summed E-state index contributed by atoms with van der Waals surface area (Å²) < 4.78 is 1.26. The molecule has 0 saturated heterocycles. The van der Waals surface area contributed by atoms with Crippen LogP contribution in [0.3, 0.4) is 0 Å². The van der Waals surface area contributed by atoms with Crippen LogP contribution in [0.5, 0.6) is 0 Å². The Morgan fingerprint density at radius 2 is 2.00 bits per heavy atom. The number of benzene rings is 1. The van der Waals surface area contributed by atoms with Gasteiger partial charge in [-0.05, 0) is 41.1 Å². The topological polar surface area (TPSA) is 0 Å². The van der Waals surface area contributed by atoms with Crippen LogP contribution in [-0.2, 0) is 0 Å². The summed E-state index contributed by atoms with van der Waals surface area (Å²) in [6.45, 7) is 3.64. The van der Waals surface area contributed by atoms with Crippen LogP contribution in [0, 0.1) is 10.5 Å². The highest BCUT2D eigenvalue weighted by Gasteiger charge is 1.89. The van der Waals surface area contributed by atoms with Gasteiger partial charge in [-0.1, -0.05) is 30.4 Å². The molecular formula is C9H8I. The molecule has 0 N–H and O–H groups in total. The van der Waals surface area contributed by atoms with E-state index < -0.39 is 0 Å². The molecule has 0 spiro atoms. The van der Waals surface area contributed by atoms with Gasteiger partial charge >= 0.3 is 0 Å². The van der Waals surface area contributed by atoms with Crippen LogP contribution in [0.15, 0.2) is 30.3 Å². The lowest BCUT2D eigenvalue weighted by Crippen LogP contribution is -1.75. The number of halogens is 1. The summed E-state index contributed by atoms with van der Waals surface area (Å²) in [4.78, 5) is 0. The minimum Gasteiger partial charge on any atom is -0.0836 e. The zero-order chi connectivity index (χ0) is 7.40. The smallest absolute Gasteiger partial charge is 0.0202 e. The molecule has 0 nitrogen and oxygen atoms in total. The summed E-state index contributed by atoms with van der Waals surface area (Å²) in [5.41, 5.74) is 1.23. The first kappa shape index (κ1) is 7.79. The second kappa shape index (κ2) is 3.76. The van der Waals surface area contributed by atoms with E-state index in [9.17, 15) is 0 Å². The maximum Gasteiger partial charge on any atom is 0.0202 e. The molecule has 1 rings (SSSR count). The first-order valence-electron chi connectivity index (χ1n) is 3.05. The van der Waals surface area contributed by atoms with Gasteiger partial charge in [-0.2, -0.15) is 0 Å². The van der Waals surface area contributed by atoms with E-state index in [2.05, 4.69) is 41.6 Å². The van der Waals surface area contributed by atoms with Crippen molar-refractivity contribution in [2.75, 3.05) is 0 Å². The molecule has 10 heavy (non-hydrogen) atoms. The Balaban J connectivity index is 3.03. The Morgan fingerprint density at radius 1 is 1.30 bits per heavy atom. The molecule has 0 heterocycles. The highest BCUT2D eigenvalue weighted by molar-refractivity contribution is 14.1. The molecule has 0 bridgehead atoms. The molecule has 1 radical (unpaired) electrons. The molecule has 1 aromatic rings. The molecular weight excluding hydrogens is 235 g/mol. The van der Waals surface area contributed by atoms with Gasteiger partial charge in [0, 0.05) is 3.57 Å². The second-order valence-electron chi connectivity index (χ2n) is 1.92. The van der Waals surface area contributed by atoms with E-state index in [1.54, 1.807) is 6.08 Å². The predicted molar refractivity (Wildman–Crippen MR) is 53.6 cm³/mol. The highest BCUT2D eigenvalue weighted by Crippen LogP contribution is 2.12. The molecule has 1 aromatic carbocycles. The SMILES string of the molecule is [CH2]/C=C/c1ccccc1I. The van der Waals surface area contributed by atoms with Crippen molar-refractivity contribution in [3.63, 3.8) is 0 Å². The Kier molecular flexibility index (Phi) is 2.93. The lowest BCUT2D eigenvalue weighted by Gasteiger charge is -1.94. The van der Waals surface area contributed by atoms with E-state index in [0.717, 1.165) is 0 Å². The van der Waals surface area contributed by atoms with Crippen LogP contribution in [0.4, 0.5) is 0 Å². The molecule has 0 fully saturated rings. The first-order valence-corrected chi connectivity index (χ1v) is 4.13. The van der Waals surface area contributed by atoms with Gasteiger partial charge in [0.05, 0.1) is 0 Å². The summed E-state index contributed by atoms with van der Waals surface area (Å²) in [6.07, 6.45) is 3.80. The van der Waals surface area contributed by atoms with Crippen molar-refractivity contribution < 1.29 is 0 Å². The average molecular weight is 243 g/mol. The number of rotatable bonds is 1. The van der Waals surface area contributed by atoms with Crippen LogP contribution in [0.1, 0.15) is 5.56 Å². The number of allylic oxidation sites excluding steroid dienone is 1. The van der Waals surface area contributed by atoms with Gasteiger partial charge in [0.1, 0.15) is 0 Å². The summed E-state index contributed by atoms with van der Waals surface area (Å²) in [6, 6.07) is 8.21. The van der Waals surface area contributed by atoms with Gasteiger partial charge in [0.2, 0.25) is 0 Å². The lowest BCUT2D eigenvalue weighted by molar-refractivity contribution is 1.60. The molecule has 0 saturated carbocycles. The van der Waals surface area contributed by atoms with Crippen molar-refractivity contribution in [2.45, 2.75) is 0 Å². The maximum atomic E-state index is 3.64. The molecule has 1 heteroatoms. The third kappa shape index (κ3) is 1.84. The number of hydrogen-bond donors (Lipinski definition) is 0. The molecule has 0 aliphatic rings. The monoisotopic (exact) mass is 243 g/mol. The fourth-order valence-electron chi connectivity index (χ4n) is 0.737.